The molecule has 2 aromatic carbocycles. The summed E-state index contributed by atoms with van der Waals surface area (Å²) in [7, 11) is 0. The Morgan fingerprint density at radius 3 is 2.48 bits per heavy atom. The minimum atomic E-state index is -1.01. The van der Waals surface area contributed by atoms with E-state index in [1.54, 1.807) is 0 Å². The van der Waals surface area contributed by atoms with Crippen molar-refractivity contribution in [1.29, 1.82) is 0 Å². The molecule has 7 heteroatoms. The van der Waals surface area contributed by atoms with Crippen molar-refractivity contribution < 1.29 is 28.8 Å². The van der Waals surface area contributed by atoms with Gasteiger partial charge in [-0.05, 0) is 5.56 Å². The van der Waals surface area contributed by atoms with Crippen LogP contribution in [0.5, 0.6) is 0 Å². The summed E-state index contributed by atoms with van der Waals surface area (Å²) in [5.41, 5.74) is 1.83. The van der Waals surface area contributed by atoms with E-state index in [1.807, 2.05) is 60.7 Å². The zero-order chi connectivity index (χ0) is 20.2. The molecule has 6 atom stereocenters. The third-order valence-corrected chi connectivity index (χ3v) is 5.06. The van der Waals surface area contributed by atoms with Gasteiger partial charge in [0.05, 0.1) is 13.2 Å². The summed E-state index contributed by atoms with van der Waals surface area (Å²) in [5.74, 6) is -0.281. The molecule has 2 aliphatic rings. The smallest absolute Gasteiger partial charge is 0.217 e. The first kappa shape index (κ1) is 20.0. The highest BCUT2D eigenvalue weighted by atomic mass is 16.7. The van der Waals surface area contributed by atoms with E-state index in [2.05, 4.69) is 5.32 Å². The molecule has 2 aliphatic heterocycles. The Morgan fingerprint density at radius 1 is 1.10 bits per heavy atom. The maximum Gasteiger partial charge on any atom is 0.217 e. The lowest BCUT2D eigenvalue weighted by molar-refractivity contribution is -0.345. The van der Waals surface area contributed by atoms with Crippen molar-refractivity contribution in [3.8, 4) is 0 Å². The number of nitrogens with one attached hydrogen (secondary N) is 1. The average Bonchev–Trinajstić information content (AvgIpc) is 2.75. The molecule has 0 aliphatic carbocycles. The van der Waals surface area contributed by atoms with E-state index in [4.69, 9.17) is 18.9 Å². The Hall–Kier alpha value is -2.29. The molecule has 7 nitrogen and oxygen atoms in total. The first-order chi connectivity index (χ1) is 14.1. The van der Waals surface area contributed by atoms with E-state index in [0.717, 1.165) is 11.1 Å². The highest BCUT2D eigenvalue weighted by Gasteiger charge is 2.50. The maximum absolute atomic E-state index is 11.7. The molecule has 0 aromatic heterocycles. The summed E-state index contributed by atoms with van der Waals surface area (Å²) >= 11 is 0. The van der Waals surface area contributed by atoms with Gasteiger partial charge in [0, 0.05) is 12.5 Å². The molecule has 2 aromatic rings. The van der Waals surface area contributed by atoms with Gasteiger partial charge in [0.25, 0.3) is 0 Å². The zero-order valence-electron chi connectivity index (χ0n) is 16.1. The van der Waals surface area contributed by atoms with Crippen LogP contribution in [0, 0.1) is 0 Å². The van der Waals surface area contributed by atoms with Crippen molar-refractivity contribution >= 4 is 5.91 Å². The lowest BCUT2D eigenvalue weighted by atomic mass is 9.95. The summed E-state index contributed by atoms with van der Waals surface area (Å²) in [6.45, 7) is 1.93. The van der Waals surface area contributed by atoms with E-state index < -0.39 is 36.9 Å². The second-order valence-electron chi connectivity index (χ2n) is 7.23. The topological polar surface area (TPSA) is 86.3 Å². The van der Waals surface area contributed by atoms with Gasteiger partial charge in [-0.15, -0.1) is 0 Å². The molecule has 1 amide bonds. The van der Waals surface area contributed by atoms with Gasteiger partial charge in [0.2, 0.25) is 5.91 Å². The second-order valence-corrected chi connectivity index (χ2v) is 7.23. The normalized spacial score (nSPS) is 31.7. The highest BCUT2D eigenvalue weighted by Crippen LogP contribution is 2.34. The molecule has 2 saturated heterocycles. The maximum atomic E-state index is 11.7. The molecule has 0 saturated carbocycles. The predicted octanol–water partition coefficient (Wildman–Crippen LogP) is 1.91. The zero-order valence-corrected chi connectivity index (χ0v) is 16.1. The van der Waals surface area contributed by atoms with Crippen molar-refractivity contribution in [1.82, 2.24) is 5.32 Å². The molecule has 154 valence electrons. The number of amides is 1. The van der Waals surface area contributed by atoms with Crippen molar-refractivity contribution in [3.05, 3.63) is 71.8 Å². The van der Waals surface area contributed by atoms with Gasteiger partial charge < -0.3 is 29.4 Å². The Labute approximate surface area is 169 Å². The summed E-state index contributed by atoms with van der Waals surface area (Å²) in [6.07, 6.45) is -3.59. The van der Waals surface area contributed by atoms with Crippen molar-refractivity contribution in [2.75, 3.05) is 6.61 Å². The molecule has 2 N–H and O–H groups in total. The monoisotopic (exact) mass is 399 g/mol. The summed E-state index contributed by atoms with van der Waals surface area (Å²) in [6, 6.07) is 18.4. The number of aliphatic hydroxyl groups excluding tert-OH is 1. The number of carbonyl (C=O) groups is 1. The standard InChI is InChI=1S/C22H25NO6/c1-14(24)23-18-19(25)20-17(13-27-21(29-20)16-10-6-3-7-11-16)28-22(18)26-12-15-8-4-2-5-9-15/h2-11,17-22,25H,12-13H2,1H3,(H,23,24)/t17-,18-,19-,20-,21+,22-/m1/s1. The van der Waals surface area contributed by atoms with Gasteiger partial charge in [0.15, 0.2) is 12.6 Å². The first-order valence-corrected chi connectivity index (χ1v) is 9.70. The molecular weight excluding hydrogens is 374 g/mol. The fourth-order valence-electron chi connectivity index (χ4n) is 3.65. The second kappa shape index (κ2) is 9.02. The van der Waals surface area contributed by atoms with Gasteiger partial charge in [0.1, 0.15) is 24.4 Å². The van der Waals surface area contributed by atoms with E-state index in [0.29, 0.717) is 6.61 Å². The minimum absolute atomic E-state index is 0.249. The number of fused-ring (bicyclic) bond motifs is 1. The fourth-order valence-corrected chi connectivity index (χ4v) is 3.65. The Balaban J connectivity index is 1.48. The third kappa shape index (κ3) is 4.66. The number of ether oxygens (including phenoxy) is 4. The molecule has 0 unspecified atom stereocenters. The molecule has 0 radical (unpaired) electrons. The van der Waals surface area contributed by atoms with E-state index >= 15 is 0 Å². The van der Waals surface area contributed by atoms with Crippen molar-refractivity contribution in [2.24, 2.45) is 0 Å². The van der Waals surface area contributed by atoms with Crippen LogP contribution in [0.1, 0.15) is 24.3 Å². The van der Waals surface area contributed by atoms with Crippen LogP contribution in [0.3, 0.4) is 0 Å². The molecule has 0 bridgehead atoms. The van der Waals surface area contributed by atoms with Crippen LogP contribution >= 0.6 is 0 Å². The van der Waals surface area contributed by atoms with Gasteiger partial charge in [-0.2, -0.15) is 0 Å². The van der Waals surface area contributed by atoms with Crippen LogP contribution < -0.4 is 5.32 Å². The number of carbonyl (C=O) groups excluding carboxylic acids is 1. The molecule has 0 spiro atoms. The molecule has 2 heterocycles. The quantitative estimate of drug-likeness (QED) is 0.799. The summed E-state index contributed by atoms with van der Waals surface area (Å²) in [5, 5.41) is 13.7. The largest absolute Gasteiger partial charge is 0.388 e. The van der Waals surface area contributed by atoms with Crippen LogP contribution in [0.4, 0.5) is 0 Å². The van der Waals surface area contributed by atoms with Crippen LogP contribution in [-0.4, -0.2) is 48.3 Å². The minimum Gasteiger partial charge on any atom is -0.388 e. The number of benzene rings is 2. The van der Waals surface area contributed by atoms with Crippen LogP contribution in [0.15, 0.2) is 60.7 Å². The molecule has 29 heavy (non-hydrogen) atoms. The van der Waals surface area contributed by atoms with E-state index in [-0.39, 0.29) is 12.5 Å². The molecular formula is C22H25NO6. The van der Waals surface area contributed by atoms with Gasteiger partial charge in [-0.1, -0.05) is 60.7 Å². The van der Waals surface area contributed by atoms with Gasteiger partial charge in [-0.3, -0.25) is 4.79 Å². The first-order valence-electron chi connectivity index (χ1n) is 9.70. The Kier molecular flexibility index (Phi) is 6.22. The summed E-state index contributed by atoms with van der Waals surface area (Å²) < 4.78 is 23.8. The highest BCUT2D eigenvalue weighted by molar-refractivity contribution is 5.73. The lowest BCUT2D eigenvalue weighted by Gasteiger charge is -2.47. The SMILES string of the molecule is CC(=O)N[C@H]1[C@H](OCc2ccccc2)O[C@@H]2CO[C@H](c3ccccc3)O[C@H]2[C@@H]1O. The lowest BCUT2D eigenvalue weighted by Crippen LogP contribution is -2.66. The van der Waals surface area contributed by atoms with Crippen molar-refractivity contribution in [3.63, 3.8) is 0 Å². The molecule has 2 fully saturated rings. The number of hydrogen-bond acceptors (Lipinski definition) is 6. The predicted molar refractivity (Wildman–Crippen MR) is 104 cm³/mol. The number of rotatable bonds is 5. The number of aliphatic hydroxyl groups is 1. The Bertz CT molecular complexity index is 801. The summed E-state index contributed by atoms with van der Waals surface area (Å²) in [4.78, 5) is 11.7. The van der Waals surface area contributed by atoms with Crippen LogP contribution in [-0.2, 0) is 30.3 Å². The van der Waals surface area contributed by atoms with Crippen LogP contribution in [0.2, 0.25) is 0 Å². The van der Waals surface area contributed by atoms with Gasteiger partial charge >= 0.3 is 0 Å². The van der Waals surface area contributed by atoms with Gasteiger partial charge in [-0.25, -0.2) is 0 Å². The average molecular weight is 399 g/mol. The third-order valence-electron chi connectivity index (χ3n) is 5.06. The Morgan fingerprint density at radius 2 is 1.79 bits per heavy atom. The van der Waals surface area contributed by atoms with E-state index in [9.17, 15) is 9.90 Å². The van der Waals surface area contributed by atoms with Crippen LogP contribution in [0.25, 0.3) is 0 Å². The molecule has 4 rings (SSSR count). The fraction of sp³-hybridized carbons (Fsp3) is 0.409. The van der Waals surface area contributed by atoms with Crippen molar-refractivity contribution in [2.45, 2.75) is 50.5 Å². The van der Waals surface area contributed by atoms with E-state index in [1.165, 1.54) is 6.92 Å². The number of hydrogen-bond donors (Lipinski definition) is 2.